The molecule has 0 unspecified atom stereocenters. The minimum Gasteiger partial charge on any atom is -0.383 e. The van der Waals surface area contributed by atoms with Crippen LogP contribution in [0, 0.1) is 0 Å². The van der Waals surface area contributed by atoms with E-state index in [1.54, 1.807) is 2.90 Å². The number of nitrogens with one attached hydrogen (secondary N) is 1. The van der Waals surface area contributed by atoms with Crippen LogP contribution in [0.2, 0.25) is 0 Å². The molecule has 0 saturated heterocycles. The molecule has 1 aromatic carbocycles. The molecule has 3 aromatic heterocycles. The van der Waals surface area contributed by atoms with E-state index in [4.69, 9.17) is 5.73 Å². The molecule has 3 N–H and O–H groups in total. The molecule has 7 heteroatoms. The first-order chi connectivity index (χ1) is 10.2. The Kier molecular flexibility index (Phi) is 2.81. The highest BCUT2D eigenvalue weighted by Crippen LogP contribution is 2.27. The Morgan fingerprint density at radius 2 is 2.10 bits per heavy atom. The zero-order valence-electron chi connectivity index (χ0n) is 10.9. The maximum atomic E-state index is 6.00. The Bertz CT molecular complexity index is 955. The monoisotopic (exact) mass is 390 g/mol. The van der Waals surface area contributed by atoms with Crippen molar-refractivity contribution in [2.75, 3.05) is 5.73 Å². The molecule has 0 aliphatic heterocycles. The molecule has 0 radical (unpaired) electrons. The molecule has 0 spiro atoms. The minimum atomic E-state index is 0.470. The van der Waals surface area contributed by atoms with Gasteiger partial charge in [0.25, 0.3) is 0 Å². The Balaban J connectivity index is 1.88. The Labute approximate surface area is 133 Å². The number of fused-ring (bicyclic) bond motifs is 2. The second-order valence-electron chi connectivity index (χ2n) is 4.80. The predicted octanol–water partition coefficient (Wildman–Crippen LogP) is 2.68. The number of hydrogen-bond donors (Lipinski definition) is 2. The van der Waals surface area contributed by atoms with Crippen LogP contribution in [0.5, 0.6) is 0 Å². The van der Waals surface area contributed by atoms with E-state index >= 15 is 0 Å². The van der Waals surface area contributed by atoms with Crippen LogP contribution in [0.15, 0.2) is 36.8 Å². The highest BCUT2D eigenvalue weighted by Gasteiger charge is 2.16. The number of nitrogens with zero attached hydrogens (tertiary/aromatic N) is 4. The molecule has 0 saturated carbocycles. The van der Waals surface area contributed by atoms with Crippen molar-refractivity contribution in [3.8, 4) is 0 Å². The maximum absolute atomic E-state index is 6.00. The van der Waals surface area contributed by atoms with Gasteiger partial charge in [-0.05, 0) is 11.6 Å². The Morgan fingerprint density at radius 3 is 3.00 bits per heavy atom. The summed E-state index contributed by atoms with van der Waals surface area (Å²) in [6, 6.07) is 8.21. The van der Waals surface area contributed by atoms with Crippen LogP contribution in [0.4, 0.5) is 5.82 Å². The van der Waals surface area contributed by atoms with Crippen LogP contribution in [-0.2, 0) is 6.42 Å². The maximum Gasteiger partial charge on any atom is 0.173 e. The van der Waals surface area contributed by atoms with Crippen LogP contribution in [-0.4, -0.2) is 22.9 Å². The highest BCUT2D eigenvalue weighted by molar-refractivity contribution is 14.1. The first-order valence-electron chi connectivity index (χ1n) is 6.43. The van der Waals surface area contributed by atoms with Crippen molar-refractivity contribution in [2.45, 2.75) is 6.42 Å². The van der Waals surface area contributed by atoms with Gasteiger partial charge in [0.05, 0.1) is 33.9 Å². The largest absolute Gasteiger partial charge is 0.383 e. The lowest BCUT2D eigenvalue weighted by molar-refractivity contribution is 0.987. The van der Waals surface area contributed by atoms with Gasteiger partial charge in [-0.2, -0.15) is 7.99 Å². The zero-order valence-corrected chi connectivity index (χ0v) is 13.1. The Morgan fingerprint density at radius 1 is 1.24 bits per heavy atom. The highest BCUT2D eigenvalue weighted by atomic mass is 127. The van der Waals surface area contributed by atoms with Gasteiger partial charge in [-0.15, -0.1) is 0 Å². The summed E-state index contributed by atoms with van der Waals surface area (Å²) in [6.45, 7) is 0. The molecule has 0 atom stereocenters. The van der Waals surface area contributed by atoms with Crippen molar-refractivity contribution >= 4 is 50.6 Å². The lowest BCUT2D eigenvalue weighted by Crippen LogP contribution is -1.95. The van der Waals surface area contributed by atoms with E-state index < -0.39 is 0 Å². The summed E-state index contributed by atoms with van der Waals surface area (Å²) in [4.78, 5) is 11.6. The summed E-state index contributed by atoms with van der Waals surface area (Å²) in [6.07, 6.45) is 4.17. The number of nitrogen functional groups attached to an aromatic ring is 1. The van der Waals surface area contributed by atoms with Crippen molar-refractivity contribution in [1.82, 2.24) is 22.9 Å². The standard InChI is InChI=1S/C14H11IN6/c15-21-14-12(13(16)18-7-19-14)11(20-21)5-8-6-17-10-4-2-1-3-9(8)10/h1-4,6-7,17H,5H2,(H2,16,18,19). The zero-order chi connectivity index (χ0) is 14.4. The van der Waals surface area contributed by atoms with E-state index in [0.29, 0.717) is 12.2 Å². The van der Waals surface area contributed by atoms with Gasteiger partial charge in [0.1, 0.15) is 12.1 Å². The van der Waals surface area contributed by atoms with Gasteiger partial charge in [0, 0.05) is 23.5 Å². The topological polar surface area (TPSA) is 85.4 Å². The average molecular weight is 390 g/mol. The third kappa shape index (κ3) is 1.96. The summed E-state index contributed by atoms with van der Waals surface area (Å²) in [7, 11) is 0. The number of aromatic nitrogens is 5. The van der Waals surface area contributed by atoms with E-state index in [0.717, 1.165) is 22.2 Å². The first-order valence-corrected chi connectivity index (χ1v) is 7.40. The second kappa shape index (κ2) is 4.69. The molecule has 0 fully saturated rings. The summed E-state index contributed by atoms with van der Waals surface area (Å²) < 4.78 is 1.72. The number of rotatable bonds is 2. The lowest BCUT2D eigenvalue weighted by atomic mass is 10.1. The SMILES string of the molecule is Nc1ncnc2c1c(Cc1c[nH]c3ccccc13)nn2I. The molecule has 0 amide bonds. The number of aromatic amines is 1. The third-order valence-corrected chi connectivity index (χ3v) is 4.23. The molecular weight excluding hydrogens is 379 g/mol. The van der Waals surface area contributed by atoms with Crippen molar-refractivity contribution in [2.24, 2.45) is 0 Å². The fraction of sp³-hybridized carbons (Fsp3) is 0.0714. The number of para-hydroxylation sites is 1. The third-order valence-electron chi connectivity index (χ3n) is 3.56. The van der Waals surface area contributed by atoms with E-state index in [1.807, 2.05) is 18.3 Å². The summed E-state index contributed by atoms with van der Waals surface area (Å²) in [5, 5.41) is 6.57. The minimum absolute atomic E-state index is 0.470. The van der Waals surface area contributed by atoms with Crippen LogP contribution < -0.4 is 5.73 Å². The number of nitrogens with two attached hydrogens (primary N) is 1. The molecule has 0 aliphatic carbocycles. The fourth-order valence-electron chi connectivity index (χ4n) is 2.59. The number of H-pyrrole nitrogens is 1. The molecule has 4 rings (SSSR count). The molecule has 0 aliphatic rings. The first kappa shape index (κ1) is 12.6. The second-order valence-corrected chi connectivity index (χ2v) is 5.71. The summed E-state index contributed by atoms with van der Waals surface area (Å²) >= 11 is 2.11. The smallest absolute Gasteiger partial charge is 0.173 e. The van der Waals surface area contributed by atoms with Gasteiger partial charge >= 0.3 is 0 Å². The molecule has 104 valence electrons. The number of anilines is 1. The van der Waals surface area contributed by atoms with Crippen molar-refractivity contribution in [3.63, 3.8) is 0 Å². The average Bonchev–Trinajstić information content (AvgIpc) is 3.03. The van der Waals surface area contributed by atoms with E-state index in [2.05, 4.69) is 55.0 Å². The van der Waals surface area contributed by atoms with Crippen molar-refractivity contribution in [3.05, 3.63) is 48.0 Å². The lowest BCUT2D eigenvalue weighted by Gasteiger charge is -1.99. The normalized spacial score (nSPS) is 11.5. The van der Waals surface area contributed by atoms with Gasteiger partial charge in [-0.1, -0.05) is 18.2 Å². The molecule has 21 heavy (non-hydrogen) atoms. The van der Waals surface area contributed by atoms with Gasteiger partial charge < -0.3 is 10.7 Å². The Hall–Kier alpha value is -2.16. The number of benzene rings is 1. The van der Waals surface area contributed by atoms with Crippen LogP contribution in [0.3, 0.4) is 0 Å². The number of hydrogen-bond acceptors (Lipinski definition) is 4. The van der Waals surface area contributed by atoms with Gasteiger partial charge in [-0.25, -0.2) is 9.97 Å². The van der Waals surface area contributed by atoms with E-state index in [9.17, 15) is 0 Å². The predicted molar refractivity (Wildman–Crippen MR) is 90.3 cm³/mol. The molecule has 4 aromatic rings. The fourth-order valence-corrected chi connectivity index (χ4v) is 3.22. The molecular formula is C14H11IN6. The summed E-state index contributed by atoms with van der Waals surface area (Å²) in [5.41, 5.74) is 9.94. The van der Waals surface area contributed by atoms with Gasteiger partial charge in [0.2, 0.25) is 0 Å². The van der Waals surface area contributed by atoms with Crippen molar-refractivity contribution < 1.29 is 0 Å². The van der Waals surface area contributed by atoms with Gasteiger partial charge in [-0.3, -0.25) is 0 Å². The summed E-state index contributed by atoms with van der Waals surface area (Å²) in [5.74, 6) is 0.470. The quantitative estimate of drug-likeness (QED) is 0.516. The van der Waals surface area contributed by atoms with Crippen LogP contribution in [0.1, 0.15) is 11.3 Å². The van der Waals surface area contributed by atoms with Crippen molar-refractivity contribution in [1.29, 1.82) is 0 Å². The van der Waals surface area contributed by atoms with E-state index in [-0.39, 0.29) is 0 Å². The van der Waals surface area contributed by atoms with Crippen LogP contribution >= 0.6 is 22.9 Å². The van der Waals surface area contributed by atoms with Gasteiger partial charge in [0.15, 0.2) is 5.65 Å². The molecule has 3 heterocycles. The molecule has 0 bridgehead atoms. The van der Waals surface area contributed by atoms with Crippen LogP contribution in [0.25, 0.3) is 21.9 Å². The molecule has 6 nitrogen and oxygen atoms in total. The number of halogens is 1. The van der Waals surface area contributed by atoms with E-state index in [1.165, 1.54) is 17.3 Å².